The van der Waals surface area contributed by atoms with Gasteiger partial charge in [0.15, 0.2) is 0 Å². The Hall–Kier alpha value is -6.29. The standard InChI is InChI=1S/C65H71N4O.Pt/c1-17-51(41(2)68(15)50-26-22-19-23-27-50)43-30-31-66-57(36-43)46-32-44(33-48(34-46)63(6,7)8)54-35-45(53-38-47(62(3,4)5)28-29-52(53)42-24-20-18-21-25-42)37-58-59(54)67-61(69(58)16)55-39-49(64(9,10)11)40-56(60(55)70)65(12,13)14;/h17-31,33-40,70H,1H2,2-16H3;/q-1;/b51-41-;. The molecule has 1 N–H and O–H groups in total. The van der Waals surface area contributed by atoms with Crippen molar-refractivity contribution in [3.8, 4) is 61.8 Å². The van der Waals surface area contributed by atoms with Gasteiger partial charge in [-0.3, -0.25) is 4.98 Å². The molecule has 0 saturated heterocycles. The second kappa shape index (κ2) is 19.7. The monoisotopic (exact) mass is 1120 g/mol. The number of pyridine rings is 1. The van der Waals surface area contributed by atoms with E-state index in [1.807, 2.05) is 18.3 Å². The van der Waals surface area contributed by atoms with Gasteiger partial charge < -0.3 is 14.6 Å². The van der Waals surface area contributed by atoms with Crippen molar-refractivity contribution < 1.29 is 26.2 Å². The van der Waals surface area contributed by atoms with Gasteiger partial charge in [0.25, 0.3) is 0 Å². The zero-order valence-electron chi connectivity index (χ0n) is 44.5. The molecule has 368 valence electrons. The van der Waals surface area contributed by atoms with Crippen LogP contribution in [-0.2, 0) is 49.8 Å². The van der Waals surface area contributed by atoms with E-state index in [1.54, 1.807) is 0 Å². The number of benzene rings is 6. The maximum Gasteiger partial charge on any atom is 0.143 e. The normalized spacial score (nSPS) is 12.7. The molecule has 0 bridgehead atoms. The van der Waals surface area contributed by atoms with Gasteiger partial charge in [0.1, 0.15) is 11.6 Å². The number of nitrogens with zero attached hydrogens (tertiary/aromatic N) is 4. The molecule has 5 nitrogen and oxygen atoms in total. The third kappa shape index (κ3) is 10.7. The average Bonchev–Trinajstić information content (AvgIpc) is 3.65. The molecule has 0 spiro atoms. The third-order valence-corrected chi connectivity index (χ3v) is 13.9. The zero-order valence-corrected chi connectivity index (χ0v) is 46.8. The minimum absolute atomic E-state index is 0. The topological polar surface area (TPSA) is 54.2 Å². The molecule has 8 rings (SSSR count). The van der Waals surface area contributed by atoms with Crippen LogP contribution in [0, 0.1) is 6.07 Å². The average molecular weight is 1120 g/mol. The summed E-state index contributed by atoms with van der Waals surface area (Å²) in [6, 6.07) is 49.6. The number of rotatable bonds is 9. The molecule has 0 saturated carbocycles. The number of phenolic OH excluding ortho intramolecular Hbond substituents is 1. The number of anilines is 1. The number of phenols is 1. The Morgan fingerprint density at radius 3 is 1.82 bits per heavy atom. The van der Waals surface area contributed by atoms with Crippen molar-refractivity contribution in [1.82, 2.24) is 14.5 Å². The van der Waals surface area contributed by atoms with Crippen molar-refractivity contribution in [1.29, 1.82) is 0 Å². The van der Waals surface area contributed by atoms with Crippen LogP contribution < -0.4 is 4.90 Å². The van der Waals surface area contributed by atoms with Gasteiger partial charge in [0.2, 0.25) is 0 Å². The molecule has 0 aliphatic rings. The molecule has 2 heterocycles. The van der Waals surface area contributed by atoms with Crippen molar-refractivity contribution >= 4 is 22.3 Å². The number of aryl methyl sites for hydroxylation is 1. The number of imidazole rings is 1. The van der Waals surface area contributed by atoms with Gasteiger partial charge in [0, 0.05) is 64.0 Å². The van der Waals surface area contributed by atoms with E-state index in [0.29, 0.717) is 5.82 Å². The van der Waals surface area contributed by atoms with Crippen LogP contribution in [0.5, 0.6) is 5.75 Å². The molecular formula is C65H71N4OPt-. The van der Waals surface area contributed by atoms with Crippen LogP contribution in [0.4, 0.5) is 5.69 Å². The van der Waals surface area contributed by atoms with E-state index in [0.717, 1.165) is 100 Å². The second-order valence-corrected chi connectivity index (χ2v) is 23.2. The number of aromatic hydroxyl groups is 1. The summed E-state index contributed by atoms with van der Waals surface area (Å²) in [5.41, 5.74) is 18.5. The van der Waals surface area contributed by atoms with E-state index in [9.17, 15) is 5.11 Å². The van der Waals surface area contributed by atoms with Crippen LogP contribution in [0.25, 0.3) is 72.6 Å². The number of para-hydroxylation sites is 1. The Kier molecular flexibility index (Phi) is 14.6. The second-order valence-electron chi connectivity index (χ2n) is 23.2. The molecule has 0 radical (unpaired) electrons. The largest absolute Gasteiger partial charge is 0.507 e. The number of hydrogen-bond donors (Lipinski definition) is 1. The fourth-order valence-electron chi connectivity index (χ4n) is 9.35. The Balaban J connectivity index is 0.00000741. The summed E-state index contributed by atoms with van der Waals surface area (Å²) in [6.07, 6.45) is 3.83. The first-order valence-corrected chi connectivity index (χ1v) is 24.6. The third-order valence-electron chi connectivity index (χ3n) is 13.9. The van der Waals surface area contributed by atoms with Crippen LogP contribution in [0.15, 0.2) is 152 Å². The maximum atomic E-state index is 12.3. The number of hydrogen-bond acceptors (Lipinski definition) is 4. The van der Waals surface area contributed by atoms with E-state index in [2.05, 4.69) is 248 Å². The Morgan fingerprint density at radius 2 is 1.21 bits per heavy atom. The summed E-state index contributed by atoms with van der Waals surface area (Å²) in [4.78, 5) is 12.8. The Bertz CT molecular complexity index is 3290. The quantitative estimate of drug-likeness (QED) is 0.116. The summed E-state index contributed by atoms with van der Waals surface area (Å²) >= 11 is 0. The van der Waals surface area contributed by atoms with E-state index in [-0.39, 0.29) is 48.5 Å². The molecule has 2 aromatic heterocycles. The van der Waals surface area contributed by atoms with Crippen LogP contribution >= 0.6 is 0 Å². The number of aromatic nitrogens is 3. The molecular weight excluding hydrogens is 1050 g/mol. The molecule has 0 amide bonds. The molecule has 0 aliphatic heterocycles. The summed E-state index contributed by atoms with van der Waals surface area (Å²) < 4.78 is 2.17. The van der Waals surface area contributed by atoms with Crippen LogP contribution in [0.3, 0.4) is 0 Å². The van der Waals surface area contributed by atoms with Crippen molar-refractivity contribution in [2.45, 2.75) is 112 Å². The minimum atomic E-state index is -0.308. The summed E-state index contributed by atoms with van der Waals surface area (Å²) in [7, 11) is 4.18. The zero-order chi connectivity index (χ0) is 50.7. The molecule has 0 fully saturated rings. The smallest absolute Gasteiger partial charge is 0.143 e. The van der Waals surface area contributed by atoms with E-state index in [4.69, 9.17) is 9.97 Å². The van der Waals surface area contributed by atoms with Gasteiger partial charge in [-0.25, -0.2) is 4.98 Å². The summed E-state index contributed by atoms with van der Waals surface area (Å²) in [6.45, 7) is 33.2. The van der Waals surface area contributed by atoms with Crippen LogP contribution in [0.2, 0.25) is 0 Å². The molecule has 0 aliphatic carbocycles. The maximum absolute atomic E-state index is 12.3. The Morgan fingerprint density at radius 1 is 0.620 bits per heavy atom. The van der Waals surface area contributed by atoms with E-state index >= 15 is 0 Å². The fraction of sp³-hybridized carbons (Fsp3) is 0.292. The SMILES string of the molecule is C=C/C(=C(\C)N(C)c1ccccc1)c1ccnc(-c2[c-]c(-c3cc(-c4cc(C(C)(C)C)ccc4-c4ccccc4)cc4c3nc(-c3cc(C(C)(C)C)cc(C(C)(C)C)c3O)n4C)cc(C(C)(C)C)c2)c1.[Pt]. The van der Waals surface area contributed by atoms with Gasteiger partial charge in [-0.05, 0) is 103 Å². The predicted octanol–water partition coefficient (Wildman–Crippen LogP) is 17.0. The van der Waals surface area contributed by atoms with E-state index in [1.165, 1.54) is 5.56 Å². The summed E-state index contributed by atoms with van der Waals surface area (Å²) in [5.74, 6) is 0.966. The van der Waals surface area contributed by atoms with Crippen LogP contribution in [-0.4, -0.2) is 26.7 Å². The molecule has 8 aromatic rings. The van der Waals surface area contributed by atoms with Gasteiger partial charge >= 0.3 is 0 Å². The molecule has 0 atom stereocenters. The molecule has 6 heteroatoms. The minimum Gasteiger partial charge on any atom is -0.507 e. The summed E-state index contributed by atoms with van der Waals surface area (Å²) in [5, 5.41) is 12.3. The molecule has 6 aromatic carbocycles. The first-order chi connectivity index (χ1) is 32.8. The molecule has 0 unspecified atom stereocenters. The molecule has 71 heavy (non-hydrogen) atoms. The number of allylic oxidation sites excluding steroid dienone is 3. The first kappa shape index (κ1) is 52.5. The predicted molar refractivity (Wildman–Crippen MR) is 299 cm³/mol. The fourth-order valence-corrected chi connectivity index (χ4v) is 9.35. The van der Waals surface area contributed by atoms with Gasteiger partial charge in [0.05, 0.1) is 16.6 Å². The van der Waals surface area contributed by atoms with Crippen molar-refractivity contribution in [3.05, 3.63) is 186 Å². The van der Waals surface area contributed by atoms with Crippen molar-refractivity contribution in [2.75, 3.05) is 11.9 Å². The van der Waals surface area contributed by atoms with Gasteiger partial charge in [-0.2, -0.15) is 0 Å². The van der Waals surface area contributed by atoms with Crippen molar-refractivity contribution in [3.63, 3.8) is 0 Å². The van der Waals surface area contributed by atoms with E-state index < -0.39 is 0 Å². The number of fused-ring (bicyclic) bond motifs is 1. The van der Waals surface area contributed by atoms with Crippen LogP contribution in [0.1, 0.15) is 118 Å². The first-order valence-electron chi connectivity index (χ1n) is 24.6. The van der Waals surface area contributed by atoms with Gasteiger partial charge in [-0.15, -0.1) is 29.3 Å². The Labute approximate surface area is 438 Å². The van der Waals surface area contributed by atoms with Crippen molar-refractivity contribution in [2.24, 2.45) is 7.05 Å². The van der Waals surface area contributed by atoms with Gasteiger partial charge in [-0.1, -0.05) is 192 Å².